The smallest absolute Gasteiger partial charge is 0.167 e. The second-order valence-corrected chi connectivity index (χ2v) is 7.39. The zero-order valence-corrected chi connectivity index (χ0v) is 16.3. The fourth-order valence-corrected chi connectivity index (χ4v) is 3.61. The van der Waals surface area contributed by atoms with E-state index in [0.717, 1.165) is 19.3 Å². The van der Waals surface area contributed by atoms with E-state index in [4.69, 9.17) is 10.5 Å². The van der Waals surface area contributed by atoms with Crippen LogP contribution in [0.2, 0.25) is 0 Å². The summed E-state index contributed by atoms with van der Waals surface area (Å²) in [5.41, 5.74) is 7.44. The number of imidazole rings is 1. The second kappa shape index (κ2) is 8.39. The monoisotopic (exact) mass is 402 g/mol. The van der Waals surface area contributed by atoms with Gasteiger partial charge in [0.1, 0.15) is 29.9 Å². The maximum absolute atomic E-state index is 10.5. The van der Waals surface area contributed by atoms with Crippen molar-refractivity contribution in [3.05, 3.63) is 24.5 Å². The van der Waals surface area contributed by atoms with Crippen molar-refractivity contribution in [1.82, 2.24) is 34.5 Å². The molecule has 1 saturated heterocycles. The summed E-state index contributed by atoms with van der Waals surface area (Å²) in [5, 5.41) is 28.8. The average molecular weight is 402 g/mol. The molecule has 4 atom stereocenters. The highest BCUT2D eigenvalue weighted by Crippen LogP contribution is 2.32. The molecule has 4 heterocycles. The number of nitrogen functional groups attached to an aromatic ring is 1. The van der Waals surface area contributed by atoms with Gasteiger partial charge in [-0.3, -0.25) is 4.57 Å². The first-order chi connectivity index (χ1) is 14.1. The van der Waals surface area contributed by atoms with Crippen molar-refractivity contribution in [3.8, 4) is 0 Å². The molecule has 1 aliphatic heterocycles. The molecule has 0 saturated carbocycles. The Balaban J connectivity index is 1.41. The Hall–Kier alpha value is -2.63. The van der Waals surface area contributed by atoms with Gasteiger partial charge < -0.3 is 20.7 Å². The van der Waals surface area contributed by atoms with E-state index in [0.29, 0.717) is 42.1 Å². The van der Waals surface area contributed by atoms with E-state index in [1.165, 1.54) is 6.33 Å². The van der Waals surface area contributed by atoms with Gasteiger partial charge in [-0.05, 0) is 6.42 Å². The Kier molecular flexibility index (Phi) is 5.69. The lowest BCUT2D eigenvalue weighted by Crippen LogP contribution is -2.26. The van der Waals surface area contributed by atoms with E-state index >= 15 is 0 Å². The molecule has 11 heteroatoms. The highest BCUT2D eigenvalue weighted by molar-refractivity contribution is 5.81. The summed E-state index contributed by atoms with van der Waals surface area (Å²) < 4.78 is 9.39. The molecule has 0 spiro atoms. The van der Waals surface area contributed by atoms with Crippen molar-refractivity contribution in [1.29, 1.82) is 0 Å². The van der Waals surface area contributed by atoms with Gasteiger partial charge in [0, 0.05) is 6.42 Å². The molecule has 0 amide bonds. The maximum atomic E-state index is 10.5. The molecule has 4 N–H and O–H groups in total. The van der Waals surface area contributed by atoms with E-state index < -0.39 is 24.5 Å². The second-order valence-electron chi connectivity index (χ2n) is 7.39. The third kappa shape index (κ3) is 4.07. The van der Waals surface area contributed by atoms with Crippen LogP contribution in [-0.4, -0.2) is 56.9 Å². The summed E-state index contributed by atoms with van der Waals surface area (Å²) in [6.45, 7) is 2.45. The molecular formula is C18H26N8O3. The van der Waals surface area contributed by atoms with Crippen LogP contribution in [0.4, 0.5) is 5.82 Å². The fourth-order valence-electron chi connectivity index (χ4n) is 3.61. The predicted octanol–water partition coefficient (Wildman–Crippen LogP) is 0.962. The van der Waals surface area contributed by atoms with Gasteiger partial charge >= 0.3 is 0 Å². The molecule has 1 aliphatic rings. The van der Waals surface area contributed by atoms with Gasteiger partial charge in [-0.1, -0.05) is 31.4 Å². The summed E-state index contributed by atoms with van der Waals surface area (Å²) in [5.74, 6) is 0.302. The number of anilines is 1. The predicted molar refractivity (Wildman–Crippen MR) is 103 cm³/mol. The van der Waals surface area contributed by atoms with E-state index in [1.807, 2.05) is 0 Å². The first-order valence-electron chi connectivity index (χ1n) is 9.91. The zero-order chi connectivity index (χ0) is 20.4. The van der Waals surface area contributed by atoms with Crippen molar-refractivity contribution in [2.24, 2.45) is 0 Å². The van der Waals surface area contributed by atoms with Crippen molar-refractivity contribution in [2.75, 3.05) is 5.73 Å². The Bertz CT molecular complexity index is 958. The van der Waals surface area contributed by atoms with Gasteiger partial charge in [-0.25, -0.2) is 19.6 Å². The van der Waals surface area contributed by atoms with Gasteiger partial charge in [0.2, 0.25) is 0 Å². The molecule has 3 aromatic rings. The highest BCUT2D eigenvalue weighted by Gasteiger charge is 2.36. The molecule has 29 heavy (non-hydrogen) atoms. The number of ether oxygens (including phenoxy) is 1. The minimum atomic E-state index is -0.682. The largest absolute Gasteiger partial charge is 0.390 e. The molecule has 11 nitrogen and oxygen atoms in total. The number of nitrogens with zero attached hydrogens (tertiary/aromatic N) is 7. The number of hydrogen-bond donors (Lipinski definition) is 3. The topological polar surface area (TPSA) is 150 Å². The van der Waals surface area contributed by atoms with Crippen LogP contribution in [0.25, 0.3) is 11.2 Å². The van der Waals surface area contributed by atoms with Crippen LogP contribution in [0.5, 0.6) is 0 Å². The molecule has 0 unspecified atom stereocenters. The molecular weight excluding hydrogens is 376 g/mol. The molecule has 1 fully saturated rings. The van der Waals surface area contributed by atoms with Gasteiger partial charge in [0.05, 0.1) is 31.3 Å². The Morgan fingerprint density at radius 3 is 3.00 bits per heavy atom. The Morgan fingerprint density at radius 1 is 1.31 bits per heavy atom. The van der Waals surface area contributed by atoms with Crippen molar-refractivity contribution < 1.29 is 14.9 Å². The number of fused-ring (bicyclic) bond motifs is 1. The molecule has 0 aliphatic carbocycles. The van der Waals surface area contributed by atoms with E-state index in [9.17, 15) is 10.2 Å². The first-order valence-corrected chi connectivity index (χ1v) is 9.91. The molecule has 4 rings (SSSR count). The lowest BCUT2D eigenvalue weighted by atomic mass is 10.1. The Morgan fingerprint density at radius 2 is 2.17 bits per heavy atom. The molecule has 0 radical (unpaired) electrons. The minimum Gasteiger partial charge on any atom is -0.390 e. The van der Waals surface area contributed by atoms with Crippen LogP contribution in [0.1, 0.15) is 57.1 Å². The number of rotatable bonds is 8. The van der Waals surface area contributed by atoms with Crippen LogP contribution < -0.4 is 5.73 Å². The van der Waals surface area contributed by atoms with Gasteiger partial charge in [-0.2, -0.15) is 0 Å². The molecule has 156 valence electrons. The van der Waals surface area contributed by atoms with Crippen molar-refractivity contribution >= 4 is 17.0 Å². The van der Waals surface area contributed by atoms with Gasteiger partial charge in [0.25, 0.3) is 0 Å². The van der Waals surface area contributed by atoms with Crippen LogP contribution in [-0.2, 0) is 11.3 Å². The number of aliphatic hydroxyl groups is 2. The number of unbranched alkanes of at least 4 members (excludes halogenated alkanes) is 2. The molecule has 0 bridgehead atoms. The van der Waals surface area contributed by atoms with Gasteiger partial charge in [-0.15, -0.1) is 5.10 Å². The van der Waals surface area contributed by atoms with Crippen molar-refractivity contribution in [3.63, 3.8) is 0 Å². The quantitative estimate of drug-likeness (QED) is 0.468. The lowest BCUT2D eigenvalue weighted by molar-refractivity contribution is -0.0269. The molecule has 3 aromatic heterocycles. The highest BCUT2D eigenvalue weighted by atomic mass is 16.5. The summed E-state index contributed by atoms with van der Waals surface area (Å²) in [7, 11) is 0. The Labute approximate surface area is 167 Å². The number of nitrogens with two attached hydrogens (primary N) is 1. The molecule has 0 aromatic carbocycles. The zero-order valence-electron chi connectivity index (χ0n) is 16.3. The number of hydrogen-bond acceptors (Lipinski definition) is 9. The maximum Gasteiger partial charge on any atom is 0.167 e. The fraction of sp³-hybridized carbons (Fsp3) is 0.611. The van der Waals surface area contributed by atoms with E-state index in [1.54, 1.807) is 21.8 Å². The summed E-state index contributed by atoms with van der Waals surface area (Å²) >= 11 is 0. The first kappa shape index (κ1) is 19.7. The summed E-state index contributed by atoms with van der Waals surface area (Å²) in [4.78, 5) is 12.4. The van der Waals surface area contributed by atoms with Gasteiger partial charge in [0.15, 0.2) is 11.5 Å². The summed E-state index contributed by atoms with van der Waals surface area (Å²) in [6, 6.07) is 0. The van der Waals surface area contributed by atoms with Crippen LogP contribution in [0.15, 0.2) is 18.9 Å². The minimum absolute atomic E-state index is 0.302. The lowest BCUT2D eigenvalue weighted by Gasteiger charge is -2.15. The van der Waals surface area contributed by atoms with Crippen LogP contribution in [0, 0.1) is 0 Å². The number of aliphatic hydroxyl groups excluding tert-OH is 2. The van der Waals surface area contributed by atoms with Crippen molar-refractivity contribution in [2.45, 2.75) is 70.1 Å². The number of aromatic nitrogens is 7. The average Bonchev–Trinajstić information content (AvgIpc) is 3.42. The standard InChI is InChI=1S/C18H26N8O3/c1-2-3-4-5-12(27)11-7-25(24-23-11)8-14-13(28)6-15(29-14)26-10-22-16-17(19)20-9-21-18(16)26/h7,9-10,12-15,27-28H,2-6,8H2,1H3,(H2,19,20,21)/t12-,13-,14+,15+/m0/s1. The third-order valence-electron chi connectivity index (χ3n) is 5.25. The third-order valence-corrected chi connectivity index (χ3v) is 5.25. The normalized spacial score (nSPS) is 23.1. The van der Waals surface area contributed by atoms with E-state index in [2.05, 4.69) is 32.2 Å². The SMILES string of the molecule is CCCCC[C@H](O)c1cn(C[C@H]2O[C@@H](n3cnc4c(N)ncnc43)C[C@@H]2O)nn1. The van der Waals surface area contributed by atoms with Crippen LogP contribution in [0.3, 0.4) is 0 Å². The van der Waals surface area contributed by atoms with E-state index in [-0.39, 0.29) is 0 Å². The summed E-state index contributed by atoms with van der Waals surface area (Å²) in [6.07, 6.45) is 6.66. The van der Waals surface area contributed by atoms with Crippen LogP contribution >= 0.6 is 0 Å².